The zero-order valence-corrected chi connectivity index (χ0v) is 13.6. The highest BCUT2D eigenvalue weighted by molar-refractivity contribution is 7.89. The number of hydrogen-bond donors (Lipinski definition) is 2. The molecule has 2 fully saturated rings. The summed E-state index contributed by atoms with van der Waals surface area (Å²) in [7, 11) is -3.37. The van der Waals surface area contributed by atoms with Crippen molar-refractivity contribution in [2.45, 2.75) is 63.1 Å². The molecule has 2 unspecified atom stereocenters. The number of nitrogens with zero attached hydrogens (tertiary/aromatic N) is 1. The molecule has 0 aromatic carbocycles. The van der Waals surface area contributed by atoms with Crippen LogP contribution in [0, 0.1) is 5.92 Å². The summed E-state index contributed by atoms with van der Waals surface area (Å²) >= 11 is 0. The minimum atomic E-state index is -3.37. The van der Waals surface area contributed by atoms with Gasteiger partial charge in [0.15, 0.2) is 0 Å². The van der Waals surface area contributed by atoms with Gasteiger partial charge in [0.2, 0.25) is 10.0 Å². The fraction of sp³-hybridized carbons (Fsp3) is 0.733. The molecule has 3 rings (SSSR count). The molecule has 2 saturated carbocycles. The van der Waals surface area contributed by atoms with Crippen molar-refractivity contribution in [3.05, 3.63) is 18.0 Å². The van der Waals surface area contributed by atoms with E-state index >= 15 is 0 Å². The number of sulfonamides is 1. The average molecular weight is 311 g/mol. The van der Waals surface area contributed by atoms with Gasteiger partial charge in [-0.15, -0.1) is 0 Å². The Morgan fingerprint density at radius 1 is 1.33 bits per heavy atom. The first-order valence-electron chi connectivity index (χ1n) is 7.99. The lowest BCUT2D eigenvalue weighted by atomic mass is 10.3. The van der Waals surface area contributed by atoms with E-state index in [-0.39, 0.29) is 6.04 Å². The molecular weight excluding hydrogens is 286 g/mol. The minimum Gasteiger partial charge on any atom is -0.346 e. The maximum atomic E-state index is 12.5. The number of aromatic nitrogens is 1. The number of rotatable bonds is 8. The van der Waals surface area contributed by atoms with E-state index in [4.69, 9.17) is 0 Å². The monoisotopic (exact) mass is 311 g/mol. The predicted octanol–water partition coefficient (Wildman–Crippen LogP) is 2.01. The Kier molecular flexibility index (Phi) is 4.12. The van der Waals surface area contributed by atoms with Crippen molar-refractivity contribution in [2.75, 3.05) is 6.54 Å². The Morgan fingerprint density at radius 2 is 2.10 bits per heavy atom. The van der Waals surface area contributed by atoms with Crippen molar-refractivity contribution >= 4 is 10.0 Å². The van der Waals surface area contributed by atoms with Crippen molar-refractivity contribution in [1.82, 2.24) is 14.6 Å². The van der Waals surface area contributed by atoms with Crippen LogP contribution in [0.15, 0.2) is 17.2 Å². The molecule has 2 aliphatic rings. The SMILES string of the molecule is CCNCc1cc(S(=O)(=O)NC2CC2CC)cn1C1CC1. The molecule has 0 bridgehead atoms. The minimum absolute atomic E-state index is 0.140. The quantitative estimate of drug-likeness (QED) is 0.772. The smallest absolute Gasteiger partial charge is 0.242 e. The van der Waals surface area contributed by atoms with Gasteiger partial charge in [0.05, 0.1) is 4.90 Å². The summed E-state index contributed by atoms with van der Waals surface area (Å²) in [5, 5.41) is 3.29. The normalized spacial score (nSPS) is 25.2. The standard InChI is InChI=1S/C15H25N3O2S/c1-3-11-7-15(11)17-21(19,20)14-8-13(9-16-4-2)18(10-14)12-5-6-12/h8,10-12,15-17H,3-7,9H2,1-2H3. The van der Waals surface area contributed by atoms with Gasteiger partial charge in [-0.3, -0.25) is 0 Å². The molecule has 0 radical (unpaired) electrons. The van der Waals surface area contributed by atoms with E-state index in [9.17, 15) is 8.42 Å². The molecule has 0 amide bonds. The van der Waals surface area contributed by atoms with E-state index in [1.54, 1.807) is 0 Å². The number of hydrogen-bond acceptors (Lipinski definition) is 3. The van der Waals surface area contributed by atoms with E-state index in [0.29, 0.717) is 16.9 Å². The lowest BCUT2D eigenvalue weighted by Gasteiger charge is -2.07. The third-order valence-electron chi connectivity index (χ3n) is 4.47. The summed E-state index contributed by atoms with van der Waals surface area (Å²) in [5.41, 5.74) is 1.07. The van der Waals surface area contributed by atoms with Gasteiger partial charge in [-0.2, -0.15) is 0 Å². The van der Waals surface area contributed by atoms with E-state index < -0.39 is 10.0 Å². The third-order valence-corrected chi connectivity index (χ3v) is 5.92. The number of nitrogens with one attached hydrogen (secondary N) is 2. The summed E-state index contributed by atoms with van der Waals surface area (Å²) in [4.78, 5) is 0.420. The summed E-state index contributed by atoms with van der Waals surface area (Å²) in [6, 6.07) is 2.46. The largest absolute Gasteiger partial charge is 0.346 e. The molecule has 5 nitrogen and oxygen atoms in total. The van der Waals surface area contributed by atoms with Crippen molar-refractivity contribution in [3.63, 3.8) is 0 Å². The summed E-state index contributed by atoms with van der Waals surface area (Å²) < 4.78 is 29.9. The van der Waals surface area contributed by atoms with Gasteiger partial charge < -0.3 is 9.88 Å². The molecule has 1 aromatic rings. The Morgan fingerprint density at radius 3 is 2.67 bits per heavy atom. The molecule has 118 valence electrons. The first kappa shape index (κ1) is 15.1. The van der Waals surface area contributed by atoms with Gasteiger partial charge in [-0.1, -0.05) is 20.3 Å². The van der Waals surface area contributed by atoms with Crippen LogP contribution in [0.5, 0.6) is 0 Å². The average Bonchev–Trinajstić information content (AvgIpc) is 3.36. The lowest BCUT2D eigenvalue weighted by Crippen LogP contribution is -2.26. The topological polar surface area (TPSA) is 63.1 Å². The van der Waals surface area contributed by atoms with Crippen LogP contribution in [0.3, 0.4) is 0 Å². The van der Waals surface area contributed by atoms with E-state index in [1.807, 2.05) is 12.3 Å². The van der Waals surface area contributed by atoms with Crippen LogP contribution in [-0.4, -0.2) is 25.6 Å². The van der Waals surface area contributed by atoms with Gasteiger partial charge in [0, 0.05) is 30.5 Å². The van der Waals surface area contributed by atoms with Crippen molar-refractivity contribution in [3.8, 4) is 0 Å². The Balaban J connectivity index is 1.77. The van der Waals surface area contributed by atoms with Crippen LogP contribution in [0.2, 0.25) is 0 Å². The maximum Gasteiger partial charge on any atom is 0.242 e. The second-order valence-electron chi connectivity index (χ2n) is 6.22. The lowest BCUT2D eigenvalue weighted by molar-refractivity contribution is 0.575. The van der Waals surface area contributed by atoms with Crippen LogP contribution in [0.25, 0.3) is 0 Å². The molecule has 0 saturated heterocycles. The van der Waals surface area contributed by atoms with Crippen LogP contribution >= 0.6 is 0 Å². The Labute approximate surface area is 127 Å². The molecule has 21 heavy (non-hydrogen) atoms. The molecular formula is C15H25N3O2S. The fourth-order valence-electron chi connectivity index (χ4n) is 2.84. The zero-order chi connectivity index (χ0) is 15.0. The van der Waals surface area contributed by atoms with Crippen molar-refractivity contribution < 1.29 is 8.42 Å². The second kappa shape index (κ2) is 5.74. The molecule has 0 aliphatic heterocycles. The van der Waals surface area contributed by atoms with Crippen molar-refractivity contribution in [2.24, 2.45) is 5.92 Å². The highest BCUT2D eigenvalue weighted by atomic mass is 32.2. The first-order chi connectivity index (χ1) is 10.0. The van der Waals surface area contributed by atoms with Crippen LogP contribution in [-0.2, 0) is 16.6 Å². The highest BCUT2D eigenvalue weighted by Gasteiger charge is 2.39. The second-order valence-corrected chi connectivity index (χ2v) is 7.93. The summed E-state index contributed by atoms with van der Waals surface area (Å²) in [6.45, 7) is 5.78. The van der Waals surface area contributed by atoms with Crippen molar-refractivity contribution in [1.29, 1.82) is 0 Å². The Bertz CT molecular complexity index is 604. The van der Waals surface area contributed by atoms with E-state index in [0.717, 1.165) is 44.5 Å². The predicted molar refractivity (Wildman–Crippen MR) is 82.6 cm³/mol. The van der Waals surface area contributed by atoms with Gasteiger partial charge in [0.1, 0.15) is 0 Å². The maximum absolute atomic E-state index is 12.5. The summed E-state index contributed by atoms with van der Waals surface area (Å²) in [6.07, 6.45) is 6.14. The van der Waals surface area contributed by atoms with Gasteiger partial charge in [-0.05, 0) is 37.8 Å². The molecule has 1 heterocycles. The Hall–Kier alpha value is -0.850. The van der Waals surface area contributed by atoms with E-state index in [1.165, 1.54) is 0 Å². The van der Waals surface area contributed by atoms with Gasteiger partial charge in [0.25, 0.3) is 0 Å². The molecule has 0 spiro atoms. The molecule has 2 aliphatic carbocycles. The summed E-state index contributed by atoms with van der Waals surface area (Å²) in [5.74, 6) is 0.520. The van der Waals surface area contributed by atoms with Gasteiger partial charge in [-0.25, -0.2) is 13.1 Å². The van der Waals surface area contributed by atoms with Crippen LogP contribution in [0.1, 0.15) is 51.3 Å². The molecule has 1 aromatic heterocycles. The van der Waals surface area contributed by atoms with Crippen LogP contribution < -0.4 is 10.0 Å². The highest BCUT2D eigenvalue weighted by Crippen LogP contribution is 2.38. The van der Waals surface area contributed by atoms with Crippen LogP contribution in [0.4, 0.5) is 0 Å². The van der Waals surface area contributed by atoms with Gasteiger partial charge >= 0.3 is 0 Å². The molecule has 2 atom stereocenters. The first-order valence-corrected chi connectivity index (χ1v) is 9.47. The molecule has 6 heteroatoms. The molecule has 2 N–H and O–H groups in total. The fourth-order valence-corrected chi connectivity index (χ4v) is 4.21. The van der Waals surface area contributed by atoms with E-state index in [2.05, 4.69) is 28.5 Å². The third kappa shape index (κ3) is 3.33. The zero-order valence-electron chi connectivity index (χ0n) is 12.8.